The number of rotatable bonds is 6. The van der Waals surface area contributed by atoms with Gasteiger partial charge in [-0.25, -0.2) is 0 Å². The Morgan fingerprint density at radius 1 is 1.47 bits per heavy atom. The molecule has 2 atom stereocenters. The van der Waals surface area contributed by atoms with E-state index in [0.29, 0.717) is 12.0 Å². The molecule has 0 bridgehead atoms. The highest BCUT2D eigenvalue weighted by Gasteiger charge is 2.32. The van der Waals surface area contributed by atoms with Gasteiger partial charge in [-0.05, 0) is 32.1 Å². The Morgan fingerprint density at radius 3 is 3.12 bits per heavy atom. The van der Waals surface area contributed by atoms with E-state index in [-0.39, 0.29) is 0 Å². The van der Waals surface area contributed by atoms with E-state index in [1.807, 2.05) is 0 Å². The zero-order chi connectivity index (χ0) is 12.1. The topological polar surface area (TPSA) is 51.0 Å². The first kappa shape index (κ1) is 12.9. The average molecular weight is 255 g/mol. The summed E-state index contributed by atoms with van der Waals surface area (Å²) in [4.78, 5) is 4.50. The molecule has 0 radical (unpaired) electrons. The van der Waals surface area contributed by atoms with E-state index in [1.165, 1.54) is 25.7 Å². The highest BCUT2D eigenvalue weighted by molar-refractivity contribution is 7.97. The zero-order valence-corrected chi connectivity index (χ0v) is 11.4. The summed E-state index contributed by atoms with van der Waals surface area (Å²) in [5.41, 5.74) is 0. The van der Waals surface area contributed by atoms with Gasteiger partial charge >= 0.3 is 0 Å². The lowest BCUT2D eigenvalue weighted by Crippen LogP contribution is -2.31. The minimum Gasteiger partial charge on any atom is -0.339 e. The number of aromatic nitrogens is 2. The highest BCUT2D eigenvalue weighted by atomic mass is 32.2. The van der Waals surface area contributed by atoms with Gasteiger partial charge in [-0.2, -0.15) is 16.7 Å². The summed E-state index contributed by atoms with van der Waals surface area (Å²) in [6.45, 7) is 3.27. The van der Waals surface area contributed by atoms with E-state index < -0.39 is 0 Å². The van der Waals surface area contributed by atoms with Crippen molar-refractivity contribution in [3.8, 4) is 0 Å². The van der Waals surface area contributed by atoms with Crippen LogP contribution in [0.15, 0.2) is 4.52 Å². The Morgan fingerprint density at radius 2 is 2.35 bits per heavy atom. The van der Waals surface area contributed by atoms with Crippen molar-refractivity contribution < 1.29 is 4.52 Å². The maximum Gasteiger partial charge on any atom is 0.231 e. The van der Waals surface area contributed by atoms with E-state index in [1.54, 1.807) is 11.8 Å². The zero-order valence-electron chi connectivity index (χ0n) is 10.6. The molecule has 1 aliphatic carbocycles. The summed E-state index contributed by atoms with van der Waals surface area (Å²) in [5.74, 6) is 2.92. The van der Waals surface area contributed by atoms with Gasteiger partial charge in [0.15, 0.2) is 5.82 Å². The molecule has 1 aromatic rings. The van der Waals surface area contributed by atoms with Crippen LogP contribution >= 0.6 is 11.8 Å². The molecule has 0 saturated heterocycles. The van der Waals surface area contributed by atoms with Crippen molar-refractivity contribution in [3.63, 3.8) is 0 Å². The molecule has 0 amide bonds. The third-order valence-electron chi connectivity index (χ3n) is 3.25. The maximum absolute atomic E-state index is 5.40. The lowest BCUT2D eigenvalue weighted by molar-refractivity contribution is 0.328. The fraction of sp³-hybridized carbons (Fsp3) is 0.833. The van der Waals surface area contributed by atoms with Gasteiger partial charge in [-0.1, -0.05) is 18.5 Å². The molecule has 1 saturated carbocycles. The van der Waals surface area contributed by atoms with Gasteiger partial charge in [-0.15, -0.1) is 0 Å². The summed E-state index contributed by atoms with van der Waals surface area (Å²) < 4.78 is 5.40. The predicted molar refractivity (Wildman–Crippen MR) is 70.2 cm³/mol. The van der Waals surface area contributed by atoms with Crippen LogP contribution in [0.25, 0.3) is 0 Å². The molecule has 0 aromatic carbocycles. The summed E-state index contributed by atoms with van der Waals surface area (Å²) in [6.07, 6.45) is 6.88. The standard InChI is InChI=1S/C12H21N3OS/c1-3-7-13-10-6-4-5-9(10)12-14-11(8-17-2)15-16-12/h9-10,13H,3-8H2,1-2H3. The van der Waals surface area contributed by atoms with E-state index in [2.05, 4.69) is 28.6 Å². The lowest BCUT2D eigenvalue weighted by atomic mass is 10.0. The summed E-state index contributed by atoms with van der Waals surface area (Å²) in [7, 11) is 0. The minimum atomic E-state index is 0.421. The first-order chi connectivity index (χ1) is 8.35. The van der Waals surface area contributed by atoms with Gasteiger partial charge in [-0.3, -0.25) is 0 Å². The molecule has 0 aliphatic heterocycles. The van der Waals surface area contributed by atoms with Gasteiger partial charge in [0, 0.05) is 6.04 Å². The minimum absolute atomic E-state index is 0.421. The first-order valence-electron chi connectivity index (χ1n) is 6.40. The van der Waals surface area contributed by atoms with Crippen LogP contribution in [-0.4, -0.2) is 29.0 Å². The number of nitrogens with one attached hydrogen (secondary N) is 1. The molecule has 4 nitrogen and oxygen atoms in total. The Balaban J connectivity index is 1.98. The number of hydrogen-bond donors (Lipinski definition) is 1. The monoisotopic (exact) mass is 255 g/mol. The summed E-state index contributed by atoms with van der Waals surface area (Å²) in [5, 5.41) is 7.62. The van der Waals surface area contributed by atoms with E-state index in [0.717, 1.165) is 24.0 Å². The molecule has 1 aromatic heterocycles. The van der Waals surface area contributed by atoms with Gasteiger partial charge in [0.1, 0.15) is 0 Å². The van der Waals surface area contributed by atoms with E-state index in [9.17, 15) is 0 Å². The molecule has 2 rings (SSSR count). The Bertz CT molecular complexity index is 342. The SMILES string of the molecule is CCCNC1CCCC1c1nc(CSC)no1. The summed E-state index contributed by atoms with van der Waals surface area (Å²) >= 11 is 1.72. The van der Waals surface area contributed by atoms with Crippen LogP contribution < -0.4 is 5.32 Å². The van der Waals surface area contributed by atoms with Gasteiger partial charge < -0.3 is 9.84 Å². The largest absolute Gasteiger partial charge is 0.339 e. The molecule has 96 valence electrons. The van der Waals surface area contributed by atoms with Gasteiger partial charge in [0.25, 0.3) is 0 Å². The van der Waals surface area contributed by atoms with Gasteiger partial charge in [0.2, 0.25) is 5.89 Å². The second-order valence-corrected chi connectivity index (χ2v) is 5.45. The van der Waals surface area contributed by atoms with Crippen molar-refractivity contribution in [1.82, 2.24) is 15.5 Å². The van der Waals surface area contributed by atoms with Crippen LogP contribution in [-0.2, 0) is 5.75 Å². The van der Waals surface area contributed by atoms with E-state index >= 15 is 0 Å². The van der Waals surface area contributed by atoms with Crippen molar-refractivity contribution in [1.29, 1.82) is 0 Å². The third kappa shape index (κ3) is 3.22. The number of nitrogens with zero attached hydrogens (tertiary/aromatic N) is 2. The average Bonchev–Trinajstić information content (AvgIpc) is 2.94. The van der Waals surface area contributed by atoms with Crippen molar-refractivity contribution in [2.24, 2.45) is 0 Å². The molecule has 5 heteroatoms. The van der Waals surface area contributed by atoms with Crippen LogP contribution in [0, 0.1) is 0 Å². The van der Waals surface area contributed by atoms with Crippen molar-refractivity contribution in [2.45, 2.75) is 50.3 Å². The molecule has 0 spiro atoms. The third-order valence-corrected chi connectivity index (χ3v) is 3.79. The van der Waals surface area contributed by atoms with Crippen molar-refractivity contribution >= 4 is 11.8 Å². The summed E-state index contributed by atoms with van der Waals surface area (Å²) in [6, 6.07) is 0.525. The normalized spacial score (nSPS) is 24.4. The van der Waals surface area contributed by atoms with Crippen LogP contribution in [0.4, 0.5) is 0 Å². The molecule has 2 unspecified atom stereocenters. The van der Waals surface area contributed by atoms with Crippen LogP contribution in [0.2, 0.25) is 0 Å². The predicted octanol–water partition coefficient (Wildman–Crippen LogP) is 2.57. The van der Waals surface area contributed by atoms with Crippen molar-refractivity contribution in [3.05, 3.63) is 11.7 Å². The quantitative estimate of drug-likeness (QED) is 0.846. The lowest BCUT2D eigenvalue weighted by Gasteiger charge is -2.17. The fourth-order valence-corrected chi connectivity index (χ4v) is 2.81. The Labute approximate surface area is 107 Å². The van der Waals surface area contributed by atoms with E-state index in [4.69, 9.17) is 4.52 Å². The van der Waals surface area contributed by atoms with Crippen LogP contribution in [0.3, 0.4) is 0 Å². The Hall–Kier alpha value is -0.550. The second-order valence-electron chi connectivity index (χ2n) is 4.58. The molecule has 1 heterocycles. The molecule has 1 aliphatic rings. The maximum atomic E-state index is 5.40. The second kappa shape index (κ2) is 6.40. The van der Waals surface area contributed by atoms with Crippen molar-refractivity contribution in [2.75, 3.05) is 12.8 Å². The molecular formula is C12H21N3OS. The smallest absolute Gasteiger partial charge is 0.231 e. The first-order valence-corrected chi connectivity index (χ1v) is 7.79. The fourth-order valence-electron chi connectivity index (χ4n) is 2.44. The van der Waals surface area contributed by atoms with Crippen LogP contribution in [0.1, 0.15) is 50.2 Å². The molecule has 1 N–H and O–H groups in total. The molecule has 17 heavy (non-hydrogen) atoms. The number of hydrogen-bond acceptors (Lipinski definition) is 5. The number of thioether (sulfide) groups is 1. The highest BCUT2D eigenvalue weighted by Crippen LogP contribution is 2.33. The van der Waals surface area contributed by atoms with Gasteiger partial charge in [0.05, 0.1) is 11.7 Å². The van der Waals surface area contributed by atoms with Crippen LogP contribution in [0.5, 0.6) is 0 Å². The Kier molecular flexibility index (Phi) is 4.86. The molecular weight excluding hydrogens is 234 g/mol. The molecule has 1 fully saturated rings.